The summed E-state index contributed by atoms with van der Waals surface area (Å²) in [5.74, 6) is 1.52. The van der Waals surface area contributed by atoms with Gasteiger partial charge in [0.2, 0.25) is 0 Å². The van der Waals surface area contributed by atoms with Gasteiger partial charge in [0.05, 0.1) is 0 Å². The third kappa shape index (κ3) is 13.9. The summed E-state index contributed by atoms with van der Waals surface area (Å²) in [4.78, 5) is 0. The van der Waals surface area contributed by atoms with Gasteiger partial charge in [-0.05, 0) is 43.7 Å². The molecule has 19 heavy (non-hydrogen) atoms. The van der Waals surface area contributed by atoms with Crippen LogP contribution in [0.25, 0.3) is 0 Å². The van der Waals surface area contributed by atoms with Crippen molar-refractivity contribution in [3.05, 3.63) is 0 Å². The van der Waals surface area contributed by atoms with Gasteiger partial charge in [-0.1, -0.05) is 27.7 Å². The molecule has 1 unspecified atom stereocenters. The molecule has 0 aliphatic carbocycles. The summed E-state index contributed by atoms with van der Waals surface area (Å²) >= 11 is 0. The molecule has 0 rings (SSSR count). The van der Waals surface area contributed by atoms with Gasteiger partial charge in [-0.2, -0.15) is 13.2 Å². The van der Waals surface area contributed by atoms with Gasteiger partial charge in [0, 0.05) is 6.61 Å². The van der Waals surface area contributed by atoms with E-state index in [4.69, 9.17) is 0 Å². The van der Waals surface area contributed by atoms with Crippen molar-refractivity contribution in [2.45, 2.75) is 46.7 Å². The first-order chi connectivity index (χ1) is 8.70. The maximum Gasteiger partial charge on any atom is 0.411 e. The number of nitrogens with one attached hydrogen (secondary N) is 1. The molecule has 1 N–H and O–H groups in total. The first-order valence-corrected chi connectivity index (χ1v) is 7.06. The summed E-state index contributed by atoms with van der Waals surface area (Å²) in [6.07, 6.45) is -2.52. The van der Waals surface area contributed by atoms with E-state index in [2.05, 4.69) is 37.7 Å². The Morgan fingerprint density at radius 1 is 1.00 bits per heavy atom. The summed E-state index contributed by atoms with van der Waals surface area (Å²) in [5, 5.41) is 3.37. The molecule has 0 saturated heterocycles. The molecule has 0 saturated carbocycles. The molecule has 0 fully saturated rings. The van der Waals surface area contributed by atoms with Crippen LogP contribution in [0.5, 0.6) is 0 Å². The van der Waals surface area contributed by atoms with Crippen LogP contribution in [0.3, 0.4) is 0 Å². The van der Waals surface area contributed by atoms with E-state index in [1.165, 1.54) is 0 Å². The molecule has 0 aliphatic rings. The minimum absolute atomic E-state index is 0.181. The van der Waals surface area contributed by atoms with Gasteiger partial charge < -0.3 is 10.1 Å². The number of halogens is 3. The van der Waals surface area contributed by atoms with Crippen LogP contribution in [0, 0.1) is 17.8 Å². The first-order valence-electron chi connectivity index (χ1n) is 7.06. The number of rotatable bonds is 10. The van der Waals surface area contributed by atoms with E-state index < -0.39 is 12.8 Å². The highest BCUT2D eigenvalue weighted by atomic mass is 19.4. The lowest BCUT2D eigenvalue weighted by Gasteiger charge is -2.20. The summed E-state index contributed by atoms with van der Waals surface area (Å²) in [7, 11) is 0. The molecule has 0 bridgehead atoms. The molecule has 0 heterocycles. The SMILES string of the molecule is CC(C)CNCC(CCOCC(F)(F)F)CC(C)C. The fourth-order valence-corrected chi connectivity index (χ4v) is 1.98. The van der Waals surface area contributed by atoms with Crippen LogP contribution < -0.4 is 5.32 Å². The average Bonchev–Trinajstić information content (AvgIpc) is 2.21. The highest BCUT2D eigenvalue weighted by Crippen LogP contribution is 2.17. The molecule has 0 spiro atoms. The second kappa shape index (κ2) is 9.59. The molecule has 116 valence electrons. The van der Waals surface area contributed by atoms with Gasteiger partial charge >= 0.3 is 6.18 Å². The van der Waals surface area contributed by atoms with Gasteiger partial charge in [0.1, 0.15) is 6.61 Å². The number of hydrogen-bond acceptors (Lipinski definition) is 2. The van der Waals surface area contributed by atoms with Crippen molar-refractivity contribution in [1.82, 2.24) is 5.32 Å². The Kier molecular flexibility index (Phi) is 9.44. The van der Waals surface area contributed by atoms with Gasteiger partial charge in [-0.25, -0.2) is 0 Å². The lowest BCUT2D eigenvalue weighted by molar-refractivity contribution is -0.174. The van der Waals surface area contributed by atoms with E-state index >= 15 is 0 Å². The van der Waals surface area contributed by atoms with E-state index in [9.17, 15) is 13.2 Å². The smallest absolute Gasteiger partial charge is 0.372 e. The second-order valence-corrected chi connectivity index (χ2v) is 6.00. The van der Waals surface area contributed by atoms with Crippen LogP contribution in [0.4, 0.5) is 13.2 Å². The van der Waals surface area contributed by atoms with Crippen LogP contribution in [0.1, 0.15) is 40.5 Å². The topological polar surface area (TPSA) is 21.3 Å². The summed E-state index contributed by atoms with van der Waals surface area (Å²) < 4.78 is 40.5. The maximum atomic E-state index is 11.9. The zero-order valence-corrected chi connectivity index (χ0v) is 12.5. The Morgan fingerprint density at radius 2 is 1.63 bits per heavy atom. The maximum absolute atomic E-state index is 11.9. The number of ether oxygens (including phenoxy) is 1. The molecule has 0 aromatic heterocycles. The minimum atomic E-state index is -4.22. The molecule has 0 amide bonds. The van der Waals surface area contributed by atoms with Crippen molar-refractivity contribution >= 4 is 0 Å². The molecular formula is C14H28F3NO. The Labute approximate surface area is 115 Å². The number of alkyl halides is 3. The molecule has 0 radical (unpaired) electrons. The minimum Gasteiger partial charge on any atom is -0.372 e. The van der Waals surface area contributed by atoms with E-state index in [1.54, 1.807) is 0 Å². The third-order valence-electron chi connectivity index (χ3n) is 2.73. The van der Waals surface area contributed by atoms with Crippen LogP contribution in [-0.2, 0) is 4.74 Å². The predicted octanol–water partition coefficient (Wildman–Crippen LogP) is 3.86. The quantitative estimate of drug-likeness (QED) is 0.615. The molecule has 2 nitrogen and oxygen atoms in total. The zero-order chi connectivity index (χ0) is 14.9. The van der Waals surface area contributed by atoms with Gasteiger partial charge in [-0.3, -0.25) is 0 Å². The van der Waals surface area contributed by atoms with E-state index in [1.807, 2.05) is 0 Å². The van der Waals surface area contributed by atoms with Crippen molar-refractivity contribution in [1.29, 1.82) is 0 Å². The monoisotopic (exact) mass is 283 g/mol. The Balaban J connectivity index is 3.86. The van der Waals surface area contributed by atoms with Crippen molar-refractivity contribution < 1.29 is 17.9 Å². The van der Waals surface area contributed by atoms with Gasteiger partial charge in [0.25, 0.3) is 0 Å². The highest BCUT2D eigenvalue weighted by molar-refractivity contribution is 4.65. The van der Waals surface area contributed by atoms with Gasteiger partial charge in [0.15, 0.2) is 0 Å². The molecule has 0 aromatic carbocycles. The molecule has 1 atom stereocenters. The van der Waals surface area contributed by atoms with E-state index in [0.29, 0.717) is 24.2 Å². The summed E-state index contributed by atoms with van der Waals surface area (Å²) in [6.45, 7) is 9.37. The van der Waals surface area contributed by atoms with Crippen LogP contribution in [0.2, 0.25) is 0 Å². The van der Waals surface area contributed by atoms with Gasteiger partial charge in [-0.15, -0.1) is 0 Å². The average molecular weight is 283 g/mol. The Morgan fingerprint density at radius 3 is 2.11 bits per heavy atom. The van der Waals surface area contributed by atoms with E-state index in [0.717, 1.165) is 19.5 Å². The summed E-state index contributed by atoms with van der Waals surface area (Å²) in [6, 6.07) is 0. The van der Waals surface area contributed by atoms with Crippen LogP contribution in [0.15, 0.2) is 0 Å². The summed E-state index contributed by atoms with van der Waals surface area (Å²) in [5.41, 5.74) is 0. The largest absolute Gasteiger partial charge is 0.411 e. The van der Waals surface area contributed by atoms with Crippen molar-refractivity contribution in [2.24, 2.45) is 17.8 Å². The second-order valence-electron chi connectivity index (χ2n) is 6.00. The Hall–Kier alpha value is -0.290. The highest BCUT2D eigenvalue weighted by Gasteiger charge is 2.27. The fraction of sp³-hybridized carbons (Fsp3) is 1.00. The Bertz CT molecular complexity index is 217. The fourth-order valence-electron chi connectivity index (χ4n) is 1.98. The lowest BCUT2D eigenvalue weighted by atomic mass is 9.94. The molecule has 5 heteroatoms. The number of hydrogen-bond donors (Lipinski definition) is 1. The predicted molar refractivity (Wildman–Crippen MR) is 72.1 cm³/mol. The van der Waals surface area contributed by atoms with Crippen LogP contribution in [-0.4, -0.2) is 32.5 Å². The zero-order valence-electron chi connectivity index (χ0n) is 12.5. The lowest BCUT2D eigenvalue weighted by Crippen LogP contribution is -2.28. The molecule has 0 aromatic rings. The van der Waals surface area contributed by atoms with Crippen molar-refractivity contribution in [3.8, 4) is 0 Å². The van der Waals surface area contributed by atoms with Crippen LogP contribution >= 0.6 is 0 Å². The molecular weight excluding hydrogens is 255 g/mol. The van der Waals surface area contributed by atoms with Crippen molar-refractivity contribution in [2.75, 3.05) is 26.3 Å². The third-order valence-corrected chi connectivity index (χ3v) is 2.73. The van der Waals surface area contributed by atoms with E-state index in [-0.39, 0.29) is 6.61 Å². The van der Waals surface area contributed by atoms with Crippen molar-refractivity contribution in [3.63, 3.8) is 0 Å². The normalized spacial score (nSPS) is 14.4. The standard InChI is InChI=1S/C14H28F3NO/c1-11(2)7-13(9-18-8-12(3)4)5-6-19-10-14(15,16)17/h11-13,18H,5-10H2,1-4H3. The first kappa shape index (κ1) is 18.7. The molecule has 0 aliphatic heterocycles.